The summed E-state index contributed by atoms with van der Waals surface area (Å²) in [5, 5.41) is 4.35. The predicted octanol–water partition coefficient (Wildman–Crippen LogP) is 3.72. The second-order valence-corrected chi connectivity index (χ2v) is 6.28. The monoisotopic (exact) mass is 270 g/mol. The number of thiazole rings is 1. The first-order valence-electron chi connectivity index (χ1n) is 6.76. The van der Waals surface area contributed by atoms with Crippen LogP contribution in [0.3, 0.4) is 0 Å². The molecule has 3 nitrogen and oxygen atoms in total. The summed E-state index contributed by atoms with van der Waals surface area (Å²) in [6.45, 7) is 12.4. The minimum absolute atomic E-state index is 0.128. The summed E-state index contributed by atoms with van der Waals surface area (Å²) in [7, 11) is 1.98. The normalized spacial score (nSPS) is 13.6. The molecule has 0 saturated carbocycles. The molecule has 0 aromatic carbocycles. The molecule has 0 fully saturated rings. The maximum absolute atomic E-state index is 5.84. The molecule has 0 aliphatic rings. The van der Waals surface area contributed by atoms with Crippen molar-refractivity contribution in [3.63, 3.8) is 0 Å². The fourth-order valence-corrected chi connectivity index (χ4v) is 3.43. The summed E-state index contributed by atoms with van der Waals surface area (Å²) in [4.78, 5) is 6.16. The zero-order valence-electron chi connectivity index (χ0n) is 12.4. The number of nitrogens with one attached hydrogen (secondary N) is 1. The molecular formula is C14H26N2OS. The first-order chi connectivity index (χ1) is 8.51. The van der Waals surface area contributed by atoms with E-state index in [1.165, 1.54) is 10.6 Å². The maximum Gasteiger partial charge on any atom is 0.122 e. The maximum atomic E-state index is 5.84. The number of hydrogen-bond acceptors (Lipinski definition) is 4. The van der Waals surface area contributed by atoms with E-state index in [4.69, 9.17) is 9.72 Å². The van der Waals surface area contributed by atoms with Crippen LogP contribution in [-0.2, 0) is 11.3 Å². The highest BCUT2D eigenvalue weighted by Crippen LogP contribution is 2.33. The van der Waals surface area contributed by atoms with Gasteiger partial charge in [-0.1, -0.05) is 27.7 Å². The highest BCUT2D eigenvalue weighted by Gasteiger charge is 2.23. The molecule has 1 rings (SSSR count). The highest BCUT2D eigenvalue weighted by atomic mass is 32.1. The molecule has 0 aliphatic carbocycles. The highest BCUT2D eigenvalue weighted by molar-refractivity contribution is 7.11. The molecule has 1 N–H and O–H groups in total. The van der Waals surface area contributed by atoms with Gasteiger partial charge in [0.1, 0.15) is 11.1 Å². The molecule has 1 aromatic rings. The van der Waals surface area contributed by atoms with Crippen LogP contribution >= 0.6 is 11.3 Å². The van der Waals surface area contributed by atoms with Gasteiger partial charge in [-0.25, -0.2) is 4.98 Å². The molecule has 18 heavy (non-hydrogen) atoms. The third-order valence-electron chi connectivity index (χ3n) is 2.82. The molecule has 0 bridgehead atoms. The number of nitrogens with zero attached hydrogens (tertiary/aromatic N) is 1. The van der Waals surface area contributed by atoms with Crippen molar-refractivity contribution in [3.05, 3.63) is 15.6 Å². The lowest BCUT2D eigenvalue weighted by atomic mass is 10.1. The average Bonchev–Trinajstić information content (AvgIpc) is 2.69. The van der Waals surface area contributed by atoms with Gasteiger partial charge in [0.15, 0.2) is 0 Å². The van der Waals surface area contributed by atoms with Gasteiger partial charge in [0.05, 0.1) is 5.69 Å². The number of hydrogen-bond donors (Lipinski definition) is 1. The van der Waals surface area contributed by atoms with E-state index in [9.17, 15) is 0 Å². The molecule has 0 aliphatic heterocycles. The van der Waals surface area contributed by atoms with Crippen LogP contribution in [0.5, 0.6) is 0 Å². The van der Waals surface area contributed by atoms with E-state index in [1.807, 2.05) is 14.0 Å². The van der Waals surface area contributed by atoms with Crippen molar-refractivity contribution in [2.24, 2.45) is 5.92 Å². The average molecular weight is 270 g/mol. The van der Waals surface area contributed by atoms with Gasteiger partial charge in [0.25, 0.3) is 0 Å². The lowest BCUT2D eigenvalue weighted by molar-refractivity contribution is 0.0292. The van der Waals surface area contributed by atoms with Crippen molar-refractivity contribution >= 4 is 11.3 Å². The largest absolute Gasteiger partial charge is 0.371 e. The smallest absolute Gasteiger partial charge is 0.122 e. The molecule has 0 saturated heterocycles. The minimum atomic E-state index is 0.128. The van der Waals surface area contributed by atoms with Gasteiger partial charge < -0.3 is 10.1 Å². The first-order valence-corrected chi connectivity index (χ1v) is 7.58. The van der Waals surface area contributed by atoms with Gasteiger partial charge in [-0.05, 0) is 25.8 Å². The van der Waals surface area contributed by atoms with E-state index in [-0.39, 0.29) is 6.10 Å². The van der Waals surface area contributed by atoms with Gasteiger partial charge in [-0.3, -0.25) is 0 Å². The summed E-state index contributed by atoms with van der Waals surface area (Å²) < 4.78 is 5.84. The van der Waals surface area contributed by atoms with Crippen LogP contribution in [0.15, 0.2) is 0 Å². The summed E-state index contributed by atoms with van der Waals surface area (Å²) in [6.07, 6.45) is 0.128. The molecule has 0 amide bonds. The van der Waals surface area contributed by atoms with Crippen molar-refractivity contribution in [2.45, 2.75) is 53.2 Å². The molecular weight excluding hydrogens is 244 g/mol. The number of ether oxygens (including phenoxy) is 1. The standard InChI is InChI=1S/C14H26N2OS/c1-7-17-13(10(4)5)14-16-12(9(2)3)11(18-14)8-15-6/h9-10,13,15H,7-8H2,1-6H3. The van der Waals surface area contributed by atoms with Crippen LogP contribution in [0, 0.1) is 5.92 Å². The Morgan fingerprint density at radius 1 is 1.28 bits per heavy atom. The van der Waals surface area contributed by atoms with Gasteiger partial charge in [-0.15, -0.1) is 11.3 Å². The Bertz CT molecular complexity index is 361. The number of aromatic nitrogens is 1. The molecule has 1 aromatic heterocycles. The van der Waals surface area contributed by atoms with Crippen molar-refractivity contribution in [1.29, 1.82) is 0 Å². The minimum Gasteiger partial charge on any atom is -0.371 e. The van der Waals surface area contributed by atoms with E-state index in [0.717, 1.165) is 18.2 Å². The second kappa shape index (κ2) is 7.22. The molecule has 104 valence electrons. The van der Waals surface area contributed by atoms with E-state index in [2.05, 4.69) is 33.0 Å². The van der Waals surface area contributed by atoms with Crippen LogP contribution in [0.25, 0.3) is 0 Å². The Morgan fingerprint density at radius 2 is 1.94 bits per heavy atom. The van der Waals surface area contributed by atoms with E-state index in [1.54, 1.807) is 11.3 Å². The fourth-order valence-electron chi connectivity index (χ4n) is 1.97. The Labute approximate surface area is 115 Å². The van der Waals surface area contributed by atoms with Gasteiger partial charge in [0.2, 0.25) is 0 Å². The molecule has 1 heterocycles. The Morgan fingerprint density at radius 3 is 2.39 bits per heavy atom. The van der Waals surface area contributed by atoms with E-state index in [0.29, 0.717) is 11.8 Å². The fraction of sp³-hybridized carbons (Fsp3) is 0.786. The van der Waals surface area contributed by atoms with Gasteiger partial charge in [-0.2, -0.15) is 0 Å². The van der Waals surface area contributed by atoms with E-state index >= 15 is 0 Å². The summed E-state index contributed by atoms with van der Waals surface area (Å²) in [5.74, 6) is 0.923. The molecule has 4 heteroatoms. The molecule has 1 unspecified atom stereocenters. The summed E-state index contributed by atoms with van der Waals surface area (Å²) in [6, 6.07) is 0. The van der Waals surface area contributed by atoms with Gasteiger partial charge >= 0.3 is 0 Å². The van der Waals surface area contributed by atoms with Crippen LogP contribution in [0.1, 0.15) is 62.2 Å². The van der Waals surface area contributed by atoms with Gasteiger partial charge in [0, 0.05) is 18.0 Å². The lowest BCUT2D eigenvalue weighted by Gasteiger charge is -2.18. The molecule has 1 atom stereocenters. The molecule has 0 spiro atoms. The van der Waals surface area contributed by atoms with Crippen LogP contribution in [0.4, 0.5) is 0 Å². The third kappa shape index (κ3) is 3.77. The van der Waals surface area contributed by atoms with Crippen molar-refractivity contribution in [3.8, 4) is 0 Å². The predicted molar refractivity (Wildman–Crippen MR) is 78.2 cm³/mol. The zero-order valence-corrected chi connectivity index (χ0v) is 13.2. The Hall–Kier alpha value is -0.450. The van der Waals surface area contributed by atoms with Crippen LogP contribution in [-0.4, -0.2) is 18.6 Å². The zero-order chi connectivity index (χ0) is 13.7. The lowest BCUT2D eigenvalue weighted by Crippen LogP contribution is -2.11. The summed E-state index contributed by atoms with van der Waals surface area (Å²) in [5.41, 5.74) is 1.22. The SMILES string of the molecule is CCOC(c1nc(C(C)C)c(CNC)s1)C(C)C. The number of rotatable bonds is 7. The van der Waals surface area contributed by atoms with Crippen molar-refractivity contribution in [1.82, 2.24) is 10.3 Å². The van der Waals surface area contributed by atoms with Crippen LogP contribution in [0.2, 0.25) is 0 Å². The van der Waals surface area contributed by atoms with Crippen molar-refractivity contribution in [2.75, 3.05) is 13.7 Å². The Kier molecular flexibility index (Phi) is 6.26. The Balaban J connectivity index is 3.04. The quantitative estimate of drug-likeness (QED) is 0.820. The topological polar surface area (TPSA) is 34.1 Å². The summed E-state index contributed by atoms with van der Waals surface area (Å²) >= 11 is 1.79. The second-order valence-electron chi connectivity index (χ2n) is 5.17. The van der Waals surface area contributed by atoms with Crippen LogP contribution < -0.4 is 5.32 Å². The third-order valence-corrected chi connectivity index (χ3v) is 3.96. The van der Waals surface area contributed by atoms with E-state index < -0.39 is 0 Å². The molecule has 0 radical (unpaired) electrons. The van der Waals surface area contributed by atoms with Crippen molar-refractivity contribution < 1.29 is 4.74 Å². The first kappa shape index (κ1) is 15.6.